The van der Waals surface area contributed by atoms with E-state index in [1.54, 1.807) is 0 Å². The van der Waals surface area contributed by atoms with Crippen LogP contribution in [0.2, 0.25) is 0 Å². The summed E-state index contributed by atoms with van der Waals surface area (Å²) in [5.74, 6) is -0.859. The second kappa shape index (κ2) is 3.86. The normalized spacial score (nSPS) is 11.7. The highest BCUT2D eigenvalue weighted by molar-refractivity contribution is 5.96. The summed E-state index contributed by atoms with van der Waals surface area (Å²) in [7, 11) is 0. The molecule has 1 aromatic heterocycles. The standard InChI is InChI=1S/C11H7F3N2O2/c12-11(13,14)16-8-5-7(10(15)18)2-1-6(8)3-4-9(16)17/h1-5H,(H2,15,18). The molecule has 0 fully saturated rings. The number of carbonyl (C=O) groups is 1. The summed E-state index contributed by atoms with van der Waals surface area (Å²) in [5, 5.41) is 0.192. The van der Waals surface area contributed by atoms with E-state index in [1.165, 1.54) is 18.2 Å². The summed E-state index contributed by atoms with van der Waals surface area (Å²) < 4.78 is 38.0. The van der Waals surface area contributed by atoms with Crippen molar-refractivity contribution in [3.05, 3.63) is 46.2 Å². The van der Waals surface area contributed by atoms with Crippen LogP contribution < -0.4 is 11.3 Å². The molecule has 0 aliphatic carbocycles. The Morgan fingerprint density at radius 1 is 1.17 bits per heavy atom. The van der Waals surface area contributed by atoms with Gasteiger partial charge in [0.1, 0.15) is 0 Å². The monoisotopic (exact) mass is 256 g/mol. The Hall–Kier alpha value is -2.31. The molecule has 0 bridgehead atoms. The fourth-order valence-corrected chi connectivity index (χ4v) is 1.65. The number of fused-ring (bicyclic) bond motifs is 1. The van der Waals surface area contributed by atoms with Crippen molar-refractivity contribution in [2.75, 3.05) is 0 Å². The van der Waals surface area contributed by atoms with Crippen LogP contribution in [0, 0.1) is 0 Å². The molecule has 2 N–H and O–H groups in total. The topological polar surface area (TPSA) is 65.1 Å². The number of aromatic nitrogens is 1. The zero-order valence-corrected chi connectivity index (χ0v) is 8.86. The molecule has 0 saturated carbocycles. The molecule has 0 unspecified atom stereocenters. The molecule has 0 aliphatic rings. The lowest BCUT2D eigenvalue weighted by atomic mass is 10.1. The van der Waals surface area contributed by atoms with Crippen LogP contribution in [0.4, 0.5) is 13.2 Å². The number of primary amides is 1. The maximum atomic E-state index is 12.8. The number of halogens is 3. The molecule has 0 saturated heterocycles. The number of hydrogen-bond acceptors (Lipinski definition) is 2. The van der Waals surface area contributed by atoms with Crippen LogP contribution in [0.25, 0.3) is 10.9 Å². The van der Waals surface area contributed by atoms with E-state index < -0.39 is 23.3 Å². The number of rotatable bonds is 1. The second-order valence-electron chi connectivity index (χ2n) is 3.61. The highest BCUT2D eigenvalue weighted by Crippen LogP contribution is 2.25. The third-order valence-electron chi connectivity index (χ3n) is 2.44. The van der Waals surface area contributed by atoms with Gasteiger partial charge in [0.25, 0.3) is 5.56 Å². The van der Waals surface area contributed by atoms with Gasteiger partial charge in [-0.3, -0.25) is 9.59 Å². The van der Waals surface area contributed by atoms with Gasteiger partial charge in [-0.25, -0.2) is 4.57 Å². The number of nitrogens with two attached hydrogens (primary N) is 1. The van der Waals surface area contributed by atoms with E-state index in [9.17, 15) is 22.8 Å². The Labute approximate surface area is 98.4 Å². The number of nitrogens with zero attached hydrogens (tertiary/aromatic N) is 1. The maximum absolute atomic E-state index is 12.8. The van der Waals surface area contributed by atoms with Crippen LogP contribution >= 0.6 is 0 Å². The lowest BCUT2D eigenvalue weighted by Crippen LogP contribution is -2.30. The van der Waals surface area contributed by atoms with Crippen molar-refractivity contribution in [3.8, 4) is 0 Å². The third-order valence-corrected chi connectivity index (χ3v) is 2.44. The molecule has 0 aliphatic heterocycles. The van der Waals surface area contributed by atoms with E-state index in [1.807, 2.05) is 0 Å². The number of carbonyl (C=O) groups excluding carboxylic acids is 1. The van der Waals surface area contributed by atoms with Gasteiger partial charge < -0.3 is 5.73 Å². The number of benzene rings is 1. The summed E-state index contributed by atoms with van der Waals surface area (Å²) in [6, 6.07) is 5.63. The fourth-order valence-electron chi connectivity index (χ4n) is 1.65. The van der Waals surface area contributed by atoms with E-state index in [0.717, 1.165) is 12.1 Å². The van der Waals surface area contributed by atoms with Gasteiger partial charge >= 0.3 is 6.30 Å². The van der Waals surface area contributed by atoms with Crippen LogP contribution in [0.3, 0.4) is 0 Å². The van der Waals surface area contributed by atoms with Crippen molar-refractivity contribution in [3.63, 3.8) is 0 Å². The summed E-state index contributed by atoms with van der Waals surface area (Å²) >= 11 is 0. The highest BCUT2D eigenvalue weighted by Gasteiger charge is 2.33. The van der Waals surface area contributed by atoms with E-state index in [4.69, 9.17) is 5.73 Å². The summed E-state index contributed by atoms with van der Waals surface area (Å²) in [6.07, 6.45) is -4.85. The fraction of sp³-hybridized carbons (Fsp3) is 0.0909. The molecule has 0 radical (unpaired) electrons. The van der Waals surface area contributed by atoms with Gasteiger partial charge in [0.2, 0.25) is 5.91 Å². The van der Waals surface area contributed by atoms with Crippen molar-refractivity contribution < 1.29 is 18.0 Å². The summed E-state index contributed by atoms with van der Waals surface area (Å²) in [5.41, 5.74) is 3.29. The van der Waals surface area contributed by atoms with Gasteiger partial charge in [-0.05, 0) is 23.6 Å². The smallest absolute Gasteiger partial charge is 0.366 e. The molecule has 4 nitrogen and oxygen atoms in total. The van der Waals surface area contributed by atoms with Gasteiger partial charge in [-0.1, -0.05) is 6.07 Å². The minimum Gasteiger partial charge on any atom is -0.366 e. The molecule has 94 valence electrons. The number of pyridine rings is 1. The predicted molar refractivity (Wildman–Crippen MR) is 58.0 cm³/mol. The van der Waals surface area contributed by atoms with Crippen molar-refractivity contribution in [1.29, 1.82) is 0 Å². The Kier molecular flexibility index (Phi) is 2.61. The average Bonchev–Trinajstić information content (AvgIpc) is 2.25. The molecule has 2 aromatic rings. The lowest BCUT2D eigenvalue weighted by molar-refractivity contribution is -0.202. The van der Waals surface area contributed by atoms with Crippen molar-refractivity contribution in [2.45, 2.75) is 6.30 Å². The average molecular weight is 256 g/mol. The van der Waals surface area contributed by atoms with Gasteiger partial charge in [0, 0.05) is 11.6 Å². The lowest BCUT2D eigenvalue weighted by Gasteiger charge is -2.13. The van der Waals surface area contributed by atoms with E-state index in [0.29, 0.717) is 0 Å². The van der Waals surface area contributed by atoms with Crippen molar-refractivity contribution >= 4 is 16.8 Å². The number of hydrogen-bond donors (Lipinski definition) is 1. The van der Waals surface area contributed by atoms with Crippen LogP contribution in [0.5, 0.6) is 0 Å². The van der Waals surface area contributed by atoms with Crippen LogP contribution in [-0.4, -0.2) is 10.5 Å². The van der Waals surface area contributed by atoms with Crippen molar-refractivity contribution in [1.82, 2.24) is 4.57 Å². The Morgan fingerprint density at radius 2 is 1.78 bits per heavy atom. The molecule has 2 rings (SSSR count). The number of alkyl halides is 3. The molecule has 1 heterocycles. The van der Waals surface area contributed by atoms with Crippen molar-refractivity contribution in [2.24, 2.45) is 5.73 Å². The number of amides is 1. The largest absolute Gasteiger partial charge is 0.491 e. The molecular weight excluding hydrogens is 249 g/mol. The van der Waals surface area contributed by atoms with Crippen LogP contribution in [-0.2, 0) is 6.30 Å². The van der Waals surface area contributed by atoms with Gasteiger partial charge in [0.05, 0.1) is 5.52 Å². The first kappa shape index (κ1) is 12.2. The molecule has 7 heteroatoms. The maximum Gasteiger partial charge on any atom is 0.491 e. The Balaban J connectivity index is 2.90. The Bertz CT molecular complexity index is 689. The zero-order valence-electron chi connectivity index (χ0n) is 8.86. The van der Waals surface area contributed by atoms with Crippen LogP contribution in [0.15, 0.2) is 35.1 Å². The van der Waals surface area contributed by atoms with Crippen LogP contribution in [0.1, 0.15) is 10.4 Å². The highest BCUT2D eigenvalue weighted by atomic mass is 19.4. The summed E-state index contributed by atoms with van der Waals surface area (Å²) in [4.78, 5) is 22.2. The van der Waals surface area contributed by atoms with Gasteiger partial charge in [0.15, 0.2) is 0 Å². The SMILES string of the molecule is NC(=O)c1ccc2ccc(=O)n(C(F)(F)F)c2c1. The minimum absolute atomic E-state index is 0.0916. The third kappa shape index (κ3) is 1.94. The molecule has 1 aromatic carbocycles. The van der Waals surface area contributed by atoms with E-state index in [2.05, 4.69) is 0 Å². The Morgan fingerprint density at radius 3 is 2.33 bits per heavy atom. The first-order valence-electron chi connectivity index (χ1n) is 4.83. The summed E-state index contributed by atoms with van der Waals surface area (Å²) in [6.45, 7) is 0. The minimum atomic E-state index is -4.85. The first-order valence-corrected chi connectivity index (χ1v) is 4.83. The van der Waals surface area contributed by atoms with E-state index >= 15 is 0 Å². The molecule has 18 heavy (non-hydrogen) atoms. The molecular formula is C11H7F3N2O2. The molecule has 0 spiro atoms. The molecule has 0 atom stereocenters. The predicted octanol–water partition coefficient (Wildman–Crippen LogP) is 1.58. The quantitative estimate of drug-likeness (QED) is 0.841. The second-order valence-corrected chi connectivity index (χ2v) is 3.61. The van der Waals surface area contributed by atoms with E-state index in [-0.39, 0.29) is 15.5 Å². The molecule has 1 amide bonds. The van der Waals surface area contributed by atoms with Gasteiger partial charge in [-0.2, -0.15) is 0 Å². The van der Waals surface area contributed by atoms with Gasteiger partial charge in [-0.15, -0.1) is 13.2 Å². The first-order chi connectivity index (χ1) is 8.30. The zero-order chi connectivity index (χ0) is 13.5.